The van der Waals surface area contributed by atoms with Gasteiger partial charge in [0.05, 0.1) is 13.7 Å². The monoisotopic (exact) mass is 285 g/mol. The minimum atomic E-state index is 0.0851. The van der Waals surface area contributed by atoms with E-state index < -0.39 is 0 Å². The van der Waals surface area contributed by atoms with Gasteiger partial charge >= 0.3 is 0 Å². The first-order chi connectivity index (χ1) is 9.21. The summed E-state index contributed by atoms with van der Waals surface area (Å²) < 4.78 is 5.07. The van der Waals surface area contributed by atoms with Gasteiger partial charge in [-0.15, -0.1) is 10.2 Å². The lowest BCUT2D eigenvalue weighted by Crippen LogP contribution is -2.44. The molecule has 0 aromatic carbocycles. The Labute approximate surface area is 118 Å². The third-order valence-electron chi connectivity index (χ3n) is 3.84. The van der Waals surface area contributed by atoms with Crippen LogP contribution in [0.1, 0.15) is 37.6 Å². The lowest BCUT2D eigenvalue weighted by Gasteiger charge is -2.41. The van der Waals surface area contributed by atoms with E-state index in [0.29, 0.717) is 5.19 Å². The summed E-state index contributed by atoms with van der Waals surface area (Å²) in [4.78, 5) is 2.38. The first kappa shape index (κ1) is 14.7. The molecule has 19 heavy (non-hydrogen) atoms. The normalized spacial score (nSPS) is 24.6. The summed E-state index contributed by atoms with van der Waals surface area (Å²) in [7, 11) is 1.61. The van der Waals surface area contributed by atoms with Gasteiger partial charge < -0.3 is 9.84 Å². The number of likely N-dealkylation sites (tertiary alicyclic amines) is 1. The Bertz CT molecular complexity index is 395. The van der Waals surface area contributed by atoms with E-state index in [2.05, 4.69) is 22.0 Å². The molecule has 6 heteroatoms. The molecule has 108 valence electrons. The second-order valence-corrected chi connectivity index (χ2v) is 6.41. The van der Waals surface area contributed by atoms with Crippen molar-refractivity contribution in [2.45, 2.75) is 39.2 Å². The summed E-state index contributed by atoms with van der Waals surface area (Å²) in [5, 5.41) is 19.4. The zero-order valence-electron chi connectivity index (χ0n) is 11.8. The fraction of sp³-hybridized carbons (Fsp3) is 0.846. The van der Waals surface area contributed by atoms with Gasteiger partial charge in [0.2, 0.25) is 0 Å². The van der Waals surface area contributed by atoms with Gasteiger partial charge in [-0.1, -0.05) is 24.7 Å². The van der Waals surface area contributed by atoms with Crippen molar-refractivity contribution in [3.05, 3.63) is 5.01 Å². The van der Waals surface area contributed by atoms with Gasteiger partial charge in [-0.2, -0.15) is 0 Å². The summed E-state index contributed by atoms with van der Waals surface area (Å²) in [6.45, 7) is 5.32. The number of rotatable bonds is 6. The van der Waals surface area contributed by atoms with Crippen molar-refractivity contribution in [1.82, 2.24) is 15.1 Å². The van der Waals surface area contributed by atoms with Gasteiger partial charge in [0.15, 0.2) is 0 Å². The minimum Gasteiger partial charge on any atom is -0.472 e. The summed E-state index contributed by atoms with van der Waals surface area (Å²) >= 11 is 1.50. The quantitative estimate of drug-likeness (QED) is 0.865. The van der Waals surface area contributed by atoms with Crippen molar-refractivity contribution >= 4 is 11.3 Å². The molecule has 2 rings (SSSR count). The maximum absolute atomic E-state index is 9.73. The number of ether oxygens (including phenoxy) is 1. The van der Waals surface area contributed by atoms with Crippen LogP contribution in [0.4, 0.5) is 0 Å². The highest BCUT2D eigenvalue weighted by Crippen LogP contribution is 2.35. The van der Waals surface area contributed by atoms with Gasteiger partial charge in [-0.3, -0.25) is 4.90 Å². The average molecular weight is 285 g/mol. The van der Waals surface area contributed by atoms with Crippen molar-refractivity contribution in [3.63, 3.8) is 0 Å². The number of aliphatic hydroxyl groups is 1. The Morgan fingerprint density at radius 2 is 2.32 bits per heavy atom. The maximum Gasteiger partial charge on any atom is 0.293 e. The van der Waals surface area contributed by atoms with E-state index in [1.807, 2.05) is 0 Å². The third-order valence-corrected chi connectivity index (χ3v) is 4.71. The number of nitrogens with zero attached hydrogens (tertiary/aromatic N) is 3. The topological polar surface area (TPSA) is 58.5 Å². The molecule has 1 aromatic rings. The molecular formula is C13H23N3O2S. The van der Waals surface area contributed by atoms with E-state index in [0.717, 1.165) is 50.3 Å². The van der Waals surface area contributed by atoms with Crippen LogP contribution in [-0.4, -0.2) is 47.0 Å². The van der Waals surface area contributed by atoms with E-state index in [1.165, 1.54) is 11.3 Å². The van der Waals surface area contributed by atoms with Crippen molar-refractivity contribution in [2.24, 2.45) is 5.41 Å². The Balaban J connectivity index is 1.96. The lowest BCUT2D eigenvalue weighted by molar-refractivity contribution is 0.0215. The molecule has 0 bridgehead atoms. The number of hydrogen-bond acceptors (Lipinski definition) is 6. The van der Waals surface area contributed by atoms with Crippen LogP contribution in [0.3, 0.4) is 0 Å². The summed E-state index contributed by atoms with van der Waals surface area (Å²) in [5.41, 5.74) is 0.0851. The van der Waals surface area contributed by atoms with Crippen molar-refractivity contribution in [2.75, 3.05) is 26.8 Å². The van der Waals surface area contributed by atoms with Gasteiger partial charge in [0.25, 0.3) is 5.19 Å². The van der Waals surface area contributed by atoms with E-state index in [-0.39, 0.29) is 12.0 Å². The molecule has 0 aliphatic carbocycles. The molecule has 0 spiro atoms. The minimum absolute atomic E-state index is 0.0851. The Kier molecular flexibility index (Phi) is 5.13. The highest BCUT2D eigenvalue weighted by atomic mass is 32.1. The van der Waals surface area contributed by atoms with Crippen LogP contribution in [-0.2, 0) is 6.54 Å². The number of piperidine rings is 1. The van der Waals surface area contributed by atoms with Crippen LogP contribution >= 0.6 is 11.3 Å². The standard InChI is InChI=1S/C13H23N3O2S/c1-3-5-13(10-17)6-4-7-16(9-13)8-11-14-15-12(18-2)19-11/h17H,3-10H2,1-2H3. The number of aliphatic hydroxyl groups excluding tert-OH is 1. The molecule has 1 aliphatic rings. The molecule has 0 radical (unpaired) electrons. The second-order valence-electron chi connectivity index (χ2n) is 5.39. The fourth-order valence-electron chi connectivity index (χ4n) is 2.96. The van der Waals surface area contributed by atoms with Gasteiger partial charge in [-0.25, -0.2) is 0 Å². The zero-order chi connectivity index (χ0) is 13.7. The summed E-state index contributed by atoms with van der Waals surface area (Å²) in [6, 6.07) is 0. The Morgan fingerprint density at radius 3 is 2.95 bits per heavy atom. The number of methoxy groups -OCH3 is 1. The Hall–Kier alpha value is -0.720. The number of hydrogen-bond donors (Lipinski definition) is 1. The summed E-state index contributed by atoms with van der Waals surface area (Å²) in [6.07, 6.45) is 4.50. The maximum atomic E-state index is 9.73. The smallest absolute Gasteiger partial charge is 0.293 e. The highest BCUT2D eigenvalue weighted by molar-refractivity contribution is 7.13. The van der Waals surface area contributed by atoms with Gasteiger partial charge in [-0.05, 0) is 25.8 Å². The zero-order valence-corrected chi connectivity index (χ0v) is 12.6. The van der Waals surface area contributed by atoms with Crippen molar-refractivity contribution in [3.8, 4) is 5.19 Å². The van der Waals surface area contributed by atoms with Crippen LogP contribution in [0.25, 0.3) is 0 Å². The Morgan fingerprint density at radius 1 is 1.47 bits per heavy atom. The van der Waals surface area contributed by atoms with E-state index >= 15 is 0 Å². The molecule has 1 atom stereocenters. The predicted octanol–water partition coefficient (Wildman–Crippen LogP) is 1.92. The SMILES string of the molecule is CCCC1(CO)CCCN(Cc2nnc(OC)s2)C1. The van der Waals surface area contributed by atoms with Crippen LogP contribution in [0, 0.1) is 5.41 Å². The van der Waals surface area contributed by atoms with Crippen LogP contribution in [0.15, 0.2) is 0 Å². The molecule has 0 saturated carbocycles. The molecule has 0 amide bonds. The lowest BCUT2D eigenvalue weighted by atomic mass is 9.77. The molecule has 5 nitrogen and oxygen atoms in total. The molecule has 2 heterocycles. The van der Waals surface area contributed by atoms with Crippen LogP contribution < -0.4 is 4.74 Å². The highest BCUT2D eigenvalue weighted by Gasteiger charge is 2.34. The predicted molar refractivity (Wildman–Crippen MR) is 75.4 cm³/mol. The summed E-state index contributed by atoms with van der Waals surface area (Å²) in [5.74, 6) is 0. The largest absolute Gasteiger partial charge is 0.472 e. The fourth-order valence-corrected chi connectivity index (χ4v) is 3.66. The second kappa shape index (κ2) is 6.63. The van der Waals surface area contributed by atoms with Crippen molar-refractivity contribution < 1.29 is 9.84 Å². The van der Waals surface area contributed by atoms with Crippen molar-refractivity contribution in [1.29, 1.82) is 0 Å². The molecule has 1 unspecified atom stereocenters. The molecule has 1 aliphatic heterocycles. The first-order valence-corrected chi connectivity index (χ1v) is 7.72. The average Bonchev–Trinajstić information content (AvgIpc) is 2.87. The number of aromatic nitrogens is 2. The van der Waals surface area contributed by atoms with E-state index in [4.69, 9.17) is 4.74 Å². The van der Waals surface area contributed by atoms with Gasteiger partial charge in [0.1, 0.15) is 5.01 Å². The van der Waals surface area contributed by atoms with Crippen LogP contribution in [0.5, 0.6) is 5.19 Å². The van der Waals surface area contributed by atoms with Crippen LogP contribution in [0.2, 0.25) is 0 Å². The molecular weight excluding hydrogens is 262 g/mol. The molecule has 1 N–H and O–H groups in total. The van der Waals surface area contributed by atoms with Gasteiger partial charge in [0, 0.05) is 18.6 Å². The third kappa shape index (κ3) is 3.64. The molecule has 1 fully saturated rings. The first-order valence-electron chi connectivity index (χ1n) is 6.91. The van der Waals surface area contributed by atoms with E-state index in [1.54, 1.807) is 7.11 Å². The molecule has 1 aromatic heterocycles. The molecule has 1 saturated heterocycles. The van der Waals surface area contributed by atoms with E-state index in [9.17, 15) is 5.11 Å².